The number of para-hydroxylation sites is 6. The fourth-order valence-electron chi connectivity index (χ4n) is 1.35. The van der Waals surface area contributed by atoms with Crippen LogP contribution >= 0.6 is 0 Å². The minimum Gasteiger partial charge on any atom is -0.873 e. The Bertz CT molecular complexity index is 602. The van der Waals surface area contributed by atoms with Gasteiger partial charge in [0.05, 0.1) is 0 Å². The number of hydrogen-bond acceptors (Lipinski definition) is 6. The van der Waals surface area contributed by atoms with Gasteiger partial charge in [0.25, 0.3) is 0 Å². The summed E-state index contributed by atoms with van der Waals surface area (Å²) in [6.07, 6.45) is 0. The fourth-order valence-corrected chi connectivity index (χ4v) is 1.35. The normalized spacial score (nSPS) is 8.31. The minimum atomic E-state index is -0.437. The molecule has 0 saturated carbocycles. The summed E-state index contributed by atoms with van der Waals surface area (Å²) in [5.74, 6) is -2.62. The summed E-state index contributed by atoms with van der Waals surface area (Å²) in [6.45, 7) is 0. The Morgan fingerprint density at radius 2 is 0.423 bits per heavy atom. The Kier molecular flexibility index (Phi) is 14.7. The molecular weight excluding hydrogens is 730 g/mol. The van der Waals surface area contributed by atoms with E-state index in [1.165, 1.54) is 36.4 Å². The van der Waals surface area contributed by atoms with Gasteiger partial charge in [0.1, 0.15) is 0 Å². The van der Waals surface area contributed by atoms with E-state index in [4.69, 9.17) is 0 Å². The van der Waals surface area contributed by atoms with Crippen LogP contribution in [0.4, 0.5) is 0 Å². The molecule has 26 heavy (non-hydrogen) atoms. The minimum absolute atomic E-state index is 0. The van der Waals surface area contributed by atoms with E-state index in [0.717, 1.165) is 0 Å². The maximum Gasteiger partial charge on any atom is 3.00 e. The van der Waals surface area contributed by atoms with Crippen LogP contribution in [-0.4, -0.2) is 52.4 Å². The number of benzene rings is 3. The Labute approximate surface area is 189 Å². The molecule has 0 spiro atoms. The standard InChI is InChI=1S/3C6H6O2.2Bi/c3*7-5-3-1-2-4-6(5)8;;/h3*1-4,7-8H;;/q;;;2*+3/p-6. The first-order valence-electron chi connectivity index (χ1n) is 6.71. The van der Waals surface area contributed by atoms with Crippen molar-refractivity contribution in [3.05, 3.63) is 72.8 Å². The van der Waals surface area contributed by atoms with E-state index in [1.807, 2.05) is 0 Å². The van der Waals surface area contributed by atoms with Crippen molar-refractivity contribution in [2.75, 3.05) is 0 Å². The zero-order chi connectivity index (χ0) is 17.9. The third kappa shape index (κ3) is 10.3. The monoisotopic (exact) mass is 742 g/mol. The first kappa shape index (κ1) is 26.5. The van der Waals surface area contributed by atoms with Crippen LogP contribution in [0.25, 0.3) is 0 Å². The van der Waals surface area contributed by atoms with Gasteiger partial charge >= 0.3 is 52.4 Å². The maximum absolute atomic E-state index is 10.3. The van der Waals surface area contributed by atoms with E-state index in [0.29, 0.717) is 0 Å². The largest absolute Gasteiger partial charge is 3.00 e. The molecule has 3 aromatic carbocycles. The van der Waals surface area contributed by atoms with Gasteiger partial charge in [0.2, 0.25) is 0 Å². The molecule has 0 amide bonds. The third-order valence-electron chi connectivity index (χ3n) is 2.55. The van der Waals surface area contributed by atoms with Crippen molar-refractivity contribution in [2.45, 2.75) is 0 Å². The molecule has 0 aliphatic heterocycles. The summed E-state index contributed by atoms with van der Waals surface area (Å²) in [7, 11) is 0. The molecule has 0 aliphatic rings. The molecule has 6 nitrogen and oxygen atoms in total. The molecule has 0 unspecified atom stereocenters. The van der Waals surface area contributed by atoms with Crippen molar-refractivity contribution in [2.24, 2.45) is 0 Å². The summed E-state index contributed by atoms with van der Waals surface area (Å²) < 4.78 is 0. The van der Waals surface area contributed by atoms with Gasteiger partial charge in [-0.05, 0) is 0 Å². The van der Waals surface area contributed by atoms with Crippen LogP contribution < -0.4 is 30.6 Å². The molecular formula is C18H12Bi2O6. The summed E-state index contributed by atoms with van der Waals surface area (Å²) in [5.41, 5.74) is 0. The molecule has 0 atom stereocenters. The van der Waals surface area contributed by atoms with Crippen LogP contribution in [-0.2, 0) is 0 Å². The average Bonchev–Trinajstić information content (AvgIpc) is 2.57. The summed E-state index contributed by atoms with van der Waals surface area (Å²) in [4.78, 5) is 0. The van der Waals surface area contributed by atoms with Gasteiger partial charge in [0.15, 0.2) is 0 Å². The zero-order valence-electron chi connectivity index (χ0n) is 13.3. The summed E-state index contributed by atoms with van der Waals surface area (Å²) >= 11 is 0. The van der Waals surface area contributed by atoms with Crippen molar-refractivity contribution >= 4 is 52.4 Å². The van der Waals surface area contributed by atoms with Crippen LogP contribution in [0.3, 0.4) is 0 Å². The summed E-state index contributed by atoms with van der Waals surface area (Å²) in [5, 5.41) is 61.8. The van der Waals surface area contributed by atoms with Crippen LogP contribution in [0.2, 0.25) is 0 Å². The van der Waals surface area contributed by atoms with Gasteiger partial charge < -0.3 is 30.6 Å². The van der Waals surface area contributed by atoms with Gasteiger partial charge in [-0.15, -0.1) is 34.5 Å². The Morgan fingerprint density at radius 1 is 0.308 bits per heavy atom. The van der Waals surface area contributed by atoms with Crippen molar-refractivity contribution in [3.63, 3.8) is 0 Å². The molecule has 4 radical (unpaired) electrons. The van der Waals surface area contributed by atoms with Crippen LogP contribution in [0, 0.1) is 0 Å². The molecule has 0 aromatic heterocycles. The second-order valence-corrected chi connectivity index (χ2v) is 4.34. The van der Waals surface area contributed by atoms with E-state index in [1.54, 1.807) is 36.4 Å². The molecule has 130 valence electrons. The van der Waals surface area contributed by atoms with Crippen molar-refractivity contribution < 1.29 is 30.6 Å². The molecule has 3 rings (SSSR count). The molecule has 0 bridgehead atoms. The third-order valence-corrected chi connectivity index (χ3v) is 2.55. The van der Waals surface area contributed by atoms with Gasteiger partial charge in [-0.1, -0.05) is 72.8 Å². The zero-order valence-corrected chi connectivity index (χ0v) is 20.2. The van der Waals surface area contributed by atoms with E-state index in [-0.39, 0.29) is 52.4 Å². The number of hydrogen-bond donors (Lipinski definition) is 0. The van der Waals surface area contributed by atoms with Crippen LogP contribution in [0.1, 0.15) is 0 Å². The van der Waals surface area contributed by atoms with Crippen molar-refractivity contribution in [1.29, 1.82) is 0 Å². The van der Waals surface area contributed by atoms with E-state index >= 15 is 0 Å². The second kappa shape index (κ2) is 14.4. The molecule has 0 aliphatic carbocycles. The molecule has 0 fully saturated rings. The smallest absolute Gasteiger partial charge is 0.873 e. The molecule has 0 N–H and O–H groups in total. The molecule has 0 saturated heterocycles. The van der Waals surface area contributed by atoms with Crippen LogP contribution in [0.15, 0.2) is 72.8 Å². The van der Waals surface area contributed by atoms with Gasteiger partial charge in [0, 0.05) is 0 Å². The van der Waals surface area contributed by atoms with Gasteiger partial charge in [-0.25, -0.2) is 0 Å². The first-order chi connectivity index (χ1) is 11.4. The Hall–Kier alpha value is -1.77. The second-order valence-electron chi connectivity index (χ2n) is 4.34. The van der Waals surface area contributed by atoms with Gasteiger partial charge in [-0.2, -0.15) is 0 Å². The Balaban J connectivity index is 0. The van der Waals surface area contributed by atoms with E-state index in [9.17, 15) is 30.6 Å². The van der Waals surface area contributed by atoms with Crippen LogP contribution in [0.5, 0.6) is 34.5 Å². The molecule has 0 heterocycles. The molecule has 8 heteroatoms. The summed E-state index contributed by atoms with van der Waals surface area (Å²) in [6, 6.07) is 16.8. The average molecular weight is 742 g/mol. The Morgan fingerprint density at radius 3 is 0.500 bits per heavy atom. The quantitative estimate of drug-likeness (QED) is 0.264. The van der Waals surface area contributed by atoms with E-state index < -0.39 is 34.5 Å². The van der Waals surface area contributed by atoms with Gasteiger partial charge in [-0.3, -0.25) is 0 Å². The topological polar surface area (TPSA) is 138 Å². The van der Waals surface area contributed by atoms with E-state index in [2.05, 4.69) is 0 Å². The maximum atomic E-state index is 10.3. The van der Waals surface area contributed by atoms with Crippen molar-refractivity contribution in [3.8, 4) is 34.5 Å². The first-order valence-corrected chi connectivity index (χ1v) is 6.71. The predicted octanol–water partition coefficient (Wildman–Crippen LogP) is -1.26. The molecule has 3 aromatic rings. The predicted molar refractivity (Wildman–Crippen MR) is 87.5 cm³/mol. The SMILES string of the molecule is [Bi+3].[Bi+3].[O-]c1ccccc1[O-].[O-]c1ccccc1[O-].[O-]c1ccccc1[O-]. The number of rotatable bonds is 0. The fraction of sp³-hybridized carbons (Fsp3) is 0. The van der Waals surface area contributed by atoms with Crippen molar-refractivity contribution in [1.82, 2.24) is 0 Å².